The Kier molecular flexibility index (Phi) is 4.58. The normalized spacial score (nSPS) is 21.3. The number of carbonyl (C=O) groups is 1. The molecule has 7 nitrogen and oxygen atoms in total. The molecule has 1 fully saturated rings. The molecule has 0 aliphatic carbocycles. The van der Waals surface area contributed by atoms with E-state index in [0.29, 0.717) is 25.0 Å². The first-order chi connectivity index (χ1) is 12.8. The third kappa shape index (κ3) is 3.65. The molecular weight excluding hydrogens is 342 g/mol. The van der Waals surface area contributed by atoms with Crippen LogP contribution in [0.25, 0.3) is 11.0 Å². The van der Waals surface area contributed by atoms with Crippen LogP contribution >= 0.6 is 0 Å². The maximum atomic E-state index is 12.2. The van der Waals surface area contributed by atoms with Gasteiger partial charge in [0.1, 0.15) is 5.60 Å². The molecule has 4 heterocycles. The molecule has 2 aromatic heterocycles. The van der Waals surface area contributed by atoms with Crippen molar-refractivity contribution < 1.29 is 9.53 Å². The zero-order chi connectivity index (χ0) is 19.2. The number of carbonyl (C=O) groups excluding carboxylic acids is 1. The third-order valence-corrected chi connectivity index (χ3v) is 5.40. The van der Waals surface area contributed by atoms with E-state index in [2.05, 4.69) is 29.1 Å². The standard InChI is InChI=1S/C20H29N5O2/c1-13-11-21-12-17-15-5-6-16(22-18(15)23-25(13)17)14-7-9-24(10-8-14)19(26)27-20(2,3)4/h5-6,13-14,21H,7-12H2,1-4H3/t13-/m1/s1. The van der Waals surface area contributed by atoms with Gasteiger partial charge >= 0.3 is 6.09 Å². The molecule has 1 atom stereocenters. The molecule has 2 aromatic rings. The molecule has 27 heavy (non-hydrogen) atoms. The number of ether oxygens (including phenoxy) is 1. The van der Waals surface area contributed by atoms with Crippen molar-refractivity contribution in [2.45, 2.75) is 64.6 Å². The van der Waals surface area contributed by atoms with Crippen LogP contribution in [0.4, 0.5) is 4.79 Å². The van der Waals surface area contributed by atoms with E-state index in [1.54, 1.807) is 0 Å². The highest BCUT2D eigenvalue weighted by Gasteiger charge is 2.28. The molecule has 0 spiro atoms. The van der Waals surface area contributed by atoms with Crippen molar-refractivity contribution in [3.05, 3.63) is 23.5 Å². The lowest BCUT2D eigenvalue weighted by Gasteiger charge is -2.33. The summed E-state index contributed by atoms with van der Waals surface area (Å²) < 4.78 is 7.60. The first kappa shape index (κ1) is 18.2. The van der Waals surface area contributed by atoms with Crippen molar-refractivity contribution in [2.75, 3.05) is 19.6 Å². The van der Waals surface area contributed by atoms with E-state index in [1.165, 1.54) is 5.69 Å². The number of hydrogen-bond acceptors (Lipinski definition) is 5. The van der Waals surface area contributed by atoms with Crippen molar-refractivity contribution in [3.8, 4) is 0 Å². The van der Waals surface area contributed by atoms with Gasteiger partial charge in [0, 0.05) is 43.2 Å². The smallest absolute Gasteiger partial charge is 0.410 e. The van der Waals surface area contributed by atoms with E-state index in [0.717, 1.165) is 42.7 Å². The minimum Gasteiger partial charge on any atom is -0.444 e. The van der Waals surface area contributed by atoms with E-state index < -0.39 is 5.60 Å². The largest absolute Gasteiger partial charge is 0.444 e. The minimum atomic E-state index is -0.452. The fourth-order valence-electron chi connectivity index (χ4n) is 3.99. The fourth-order valence-corrected chi connectivity index (χ4v) is 3.99. The van der Waals surface area contributed by atoms with Crippen LogP contribution in [-0.4, -0.2) is 51.0 Å². The van der Waals surface area contributed by atoms with Crippen molar-refractivity contribution in [1.82, 2.24) is 25.0 Å². The minimum absolute atomic E-state index is 0.215. The molecule has 0 radical (unpaired) electrons. The van der Waals surface area contributed by atoms with Crippen LogP contribution < -0.4 is 5.32 Å². The molecule has 1 amide bonds. The number of amides is 1. The van der Waals surface area contributed by atoms with Crippen molar-refractivity contribution in [1.29, 1.82) is 0 Å². The Balaban J connectivity index is 1.47. The van der Waals surface area contributed by atoms with Gasteiger partial charge in [-0.05, 0) is 52.7 Å². The van der Waals surface area contributed by atoms with Gasteiger partial charge in [-0.2, -0.15) is 5.10 Å². The molecule has 0 aromatic carbocycles. The highest BCUT2D eigenvalue weighted by atomic mass is 16.6. The number of fused-ring (bicyclic) bond motifs is 3. The van der Waals surface area contributed by atoms with E-state index >= 15 is 0 Å². The number of pyridine rings is 1. The Morgan fingerprint density at radius 3 is 2.70 bits per heavy atom. The van der Waals surface area contributed by atoms with Crippen molar-refractivity contribution in [3.63, 3.8) is 0 Å². The van der Waals surface area contributed by atoms with Gasteiger partial charge < -0.3 is 15.0 Å². The Morgan fingerprint density at radius 1 is 1.26 bits per heavy atom. The SMILES string of the molecule is C[C@@H]1CNCc2c3ccc(C4CCN(C(=O)OC(C)(C)C)CC4)nc3nn21. The number of nitrogens with one attached hydrogen (secondary N) is 1. The summed E-state index contributed by atoms with van der Waals surface area (Å²) in [6, 6.07) is 4.65. The summed E-state index contributed by atoms with van der Waals surface area (Å²) in [7, 11) is 0. The van der Waals surface area contributed by atoms with Gasteiger partial charge in [-0.1, -0.05) is 0 Å². The molecule has 2 aliphatic heterocycles. The number of likely N-dealkylation sites (tertiary alicyclic amines) is 1. The summed E-state index contributed by atoms with van der Waals surface area (Å²) in [6.45, 7) is 11.1. The lowest BCUT2D eigenvalue weighted by molar-refractivity contribution is 0.0204. The molecule has 1 N–H and O–H groups in total. The predicted molar refractivity (Wildman–Crippen MR) is 104 cm³/mol. The van der Waals surface area contributed by atoms with Gasteiger partial charge in [0.25, 0.3) is 0 Å². The number of rotatable bonds is 1. The van der Waals surface area contributed by atoms with E-state index in [9.17, 15) is 4.79 Å². The zero-order valence-corrected chi connectivity index (χ0v) is 16.7. The van der Waals surface area contributed by atoms with Gasteiger partial charge in [-0.25, -0.2) is 9.78 Å². The van der Waals surface area contributed by atoms with Crippen LogP contribution in [0.15, 0.2) is 12.1 Å². The molecule has 2 aliphatic rings. The average Bonchev–Trinajstić information content (AvgIpc) is 3.00. The second-order valence-corrected chi connectivity index (χ2v) is 8.72. The molecule has 4 rings (SSSR count). The first-order valence-corrected chi connectivity index (χ1v) is 9.88. The summed E-state index contributed by atoms with van der Waals surface area (Å²) in [6.07, 6.45) is 1.60. The Labute approximate surface area is 160 Å². The van der Waals surface area contributed by atoms with Crippen LogP contribution in [0.1, 0.15) is 63.9 Å². The second kappa shape index (κ2) is 6.78. The number of nitrogens with zero attached hydrogens (tertiary/aromatic N) is 4. The maximum Gasteiger partial charge on any atom is 0.410 e. The van der Waals surface area contributed by atoms with E-state index in [-0.39, 0.29) is 6.09 Å². The topological polar surface area (TPSA) is 72.3 Å². The van der Waals surface area contributed by atoms with Crippen LogP contribution in [0.3, 0.4) is 0 Å². The Morgan fingerprint density at radius 2 is 2.00 bits per heavy atom. The molecule has 0 unspecified atom stereocenters. The summed E-state index contributed by atoms with van der Waals surface area (Å²) >= 11 is 0. The van der Waals surface area contributed by atoms with Crippen LogP contribution in [-0.2, 0) is 11.3 Å². The molecule has 146 valence electrons. The van der Waals surface area contributed by atoms with Gasteiger partial charge in [0.05, 0.1) is 11.7 Å². The highest BCUT2D eigenvalue weighted by molar-refractivity contribution is 5.78. The fraction of sp³-hybridized carbons (Fsp3) is 0.650. The Hall–Kier alpha value is -2.15. The molecule has 0 bridgehead atoms. The van der Waals surface area contributed by atoms with Crippen molar-refractivity contribution >= 4 is 17.1 Å². The third-order valence-electron chi connectivity index (χ3n) is 5.40. The van der Waals surface area contributed by atoms with Crippen molar-refractivity contribution in [2.24, 2.45) is 0 Å². The molecular formula is C20H29N5O2. The van der Waals surface area contributed by atoms with Gasteiger partial charge in [-0.3, -0.25) is 4.68 Å². The highest BCUT2D eigenvalue weighted by Crippen LogP contribution is 2.30. The van der Waals surface area contributed by atoms with Gasteiger partial charge in [0.2, 0.25) is 0 Å². The quantitative estimate of drug-likeness (QED) is 0.833. The molecule has 0 saturated carbocycles. The van der Waals surface area contributed by atoms with Gasteiger partial charge in [-0.15, -0.1) is 0 Å². The number of aromatic nitrogens is 3. The molecule has 1 saturated heterocycles. The Bertz CT molecular complexity index is 846. The lowest BCUT2D eigenvalue weighted by Crippen LogP contribution is -2.41. The predicted octanol–water partition coefficient (Wildman–Crippen LogP) is 3.21. The van der Waals surface area contributed by atoms with Crippen LogP contribution in [0.2, 0.25) is 0 Å². The van der Waals surface area contributed by atoms with E-state index in [1.807, 2.05) is 25.7 Å². The number of piperidine rings is 1. The lowest BCUT2D eigenvalue weighted by atomic mass is 9.93. The molecule has 7 heteroatoms. The second-order valence-electron chi connectivity index (χ2n) is 8.72. The van der Waals surface area contributed by atoms with Crippen LogP contribution in [0.5, 0.6) is 0 Å². The monoisotopic (exact) mass is 371 g/mol. The number of hydrogen-bond donors (Lipinski definition) is 1. The summed E-state index contributed by atoms with van der Waals surface area (Å²) in [5, 5.41) is 9.34. The zero-order valence-electron chi connectivity index (χ0n) is 16.7. The summed E-state index contributed by atoms with van der Waals surface area (Å²) in [5.41, 5.74) is 2.70. The maximum absolute atomic E-state index is 12.2. The van der Waals surface area contributed by atoms with E-state index in [4.69, 9.17) is 14.8 Å². The first-order valence-electron chi connectivity index (χ1n) is 9.88. The van der Waals surface area contributed by atoms with Gasteiger partial charge in [0.15, 0.2) is 5.65 Å². The summed E-state index contributed by atoms with van der Waals surface area (Å²) in [4.78, 5) is 18.9. The van der Waals surface area contributed by atoms with Crippen LogP contribution in [0, 0.1) is 0 Å². The summed E-state index contributed by atoms with van der Waals surface area (Å²) in [5.74, 6) is 0.363. The average molecular weight is 371 g/mol.